The lowest BCUT2D eigenvalue weighted by Gasteiger charge is -2.23. The number of rotatable bonds is 8. The monoisotopic (exact) mass is 456 g/mol. The molecule has 1 aromatic carbocycles. The number of carbonyl (C=O) groups excluding carboxylic acids is 1. The molecule has 0 saturated heterocycles. The van der Waals surface area contributed by atoms with E-state index < -0.39 is 15.8 Å². The maximum absolute atomic E-state index is 14.8. The number of pyridine rings is 1. The van der Waals surface area contributed by atoms with Crippen LogP contribution in [0.3, 0.4) is 0 Å². The fraction of sp³-hybridized carbons (Fsp3) is 0.238. The Kier molecular flexibility index (Phi) is 5.74. The minimum absolute atomic E-state index is 0.0880. The summed E-state index contributed by atoms with van der Waals surface area (Å²) in [7, 11) is -2.21. The molecular weight excluding hydrogens is 435 g/mol. The summed E-state index contributed by atoms with van der Waals surface area (Å²) in [6, 6.07) is 4.36. The lowest BCUT2D eigenvalue weighted by atomic mass is 10.1. The first-order valence-corrected chi connectivity index (χ1v) is 11.6. The molecule has 4 rings (SSSR count). The molecule has 1 aliphatic carbocycles. The molecule has 0 aliphatic heterocycles. The van der Waals surface area contributed by atoms with Crippen LogP contribution in [0.15, 0.2) is 43.0 Å². The molecule has 0 radical (unpaired) electrons. The van der Waals surface area contributed by atoms with Gasteiger partial charge in [0.1, 0.15) is 17.5 Å². The van der Waals surface area contributed by atoms with E-state index in [1.54, 1.807) is 12.1 Å². The predicted molar refractivity (Wildman–Crippen MR) is 120 cm³/mol. The maximum Gasteiger partial charge on any atom is 0.232 e. The highest BCUT2D eigenvalue weighted by atomic mass is 32.2. The molecule has 0 atom stereocenters. The van der Waals surface area contributed by atoms with Crippen molar-refractivity contribution in [2.75, 3.05) is 28.2 Å². The molecule has 3 aromatic rings. The highest BCUT2D eigenvalue weighted by molar-refractivity contribution is 7.92. The summed E-state index contributed by atoms with van der Waals surface area (Å²) in [5, 5.41) is 5.97. The normalized spacial score (nSPS) is 13.5. The van der Waals surface area contributed by atoms with Gasteiger partial charge < -0.3 is 10.6 Å². The molecule has 0 spiro atoms. The van der Waals surface area contributed by atoms with Crippen LogP contribution in [0.5, 0.6) is 0 Å². The number of aldehydes is 1. The number of aromatic nitrogens is 3. The smallest absolute Gasteiger partial charge is 0.232 e. The van der Waals surface area contributed by atoms with Crippen molar-refractivity contribution in [2.24, 2.45) is 0 Å². The average Bonchev–Trinajstić information content (AvgIpc) is 3.59. The molecule has 0 bridgehead atoms. The molecule has 0 unspecified atom stereocenters. The highest BCUT2D eigenvalue weighted by Gasteiger charge is 2.29. The van der Waals surface area contributed by atoms with E-state index in [0.717, 1.165) is 23.4 Å². The number of halogens is 1. The van der Waals surface area contributed by atoms with Gasteiger partial charge in [-0.2, -0.15) is 0 Å². The number of nitrogens with one attached hydrogen (secondary N) is 2. The van der Waals surface area contributed by atoms with E-state index in [9.17, 15) is 17.6 Å². The van der Waals surface area contributed by atoms with Crippen LogP contribution in [0.1, 0.15) is 34.7 Å². The van der Waals surface area contributed by atoms with Crippen molar-refractivity contribution in [1.82, 2.24) is 15.0 Å². The second kappa shape index (κ2) is 8.50. The molecule has 32 heavy (non-hydrogen) atoms. The number of carbonyl (C=O) groups is 1. The zero-order valence-corrected chi connectivity index (χ0v) is 18.2. The van der Waals surface area contributed by atoms with E-state index in [1.165, 1.54) is 37.9 Å². The van der Waals surface area contributed by atoms with E-state index >= 15 is 0 Å². The first-order chi connectivity index (χ1) is 15.3. The summed E-state index contributed by atoms with van der Waals surface area (Å²) in [5.41, 5.74) is 1.52. The van der Waals surface area contributed by atoms with Gasteiger partial charge in [-0.05, 0) is 36.5 Å². The molecular formula is C21H21FN6O3S. The van der Waals surface area contributed by atoms with E-state index in [2.05, 4.69) is 25.6 Å². The van der Waals surface area contributed by atoms with Crippen LogP contribution in [-0.4, -0.2) is 43.0 Å². The fourth-order valence-corrected chi connectivity index (χ4v) is 3.71. The second-order valence-corrected chi connectivity index (χ2v) is 9.52. The first-order valence-electron chi connectivity index (χ1n) is 9.79. The molecule has 0 amide bonds. The zero-order valence-electron chi connectivity index (χ0n) is 17.4. The van der Waals surface area contributed by atoms with Gasteiger partial charge in [0.05, 0.1) is 35.1 Å². The third-order valence-corrected chi connectivity index (χ3v) is 6.31. The number of anilines is 5. The van der Waals surface area contributed by atoms with Crippen molar-refractivity contribution in [2.45, 2.75) is 18.8 Å². The molecule has 11 heteroatoms. The van der Waals surface area contributed by atoms with Gasteiger partial charge >= 0.3 is 0 Å². The Balaban J connectivity index is 1.75. The fourth-order valence-electron chi connectivity index (χ4n) is 3.20. The van der Waals surface area contributed by atoms with Gasteiger partial charge in [0, 0.05) is 31.7 Å². The number of sulfonamides is 1. The van der Waals surface area contributed by atoms with Crippen LogP contribution < -0.4 is 14.9 Å². The standard InChI is InChI=1S/C21H21FN6O3S/c1-28(32(2,30)31)19-7-15(13-3-4-13)16(22)8-18(19)26-17-9-20(25-10-14(17)12-29)27-21-11-23-5-6-24-21/h5-13H,3-4H2,1-2H3,(H2,24,25,26,27). The summed E-state index contributed by atoms with van der Waals surface area (Å²) >= 11 is 0. The summed E-state index contributed by atoms with van der Waals surface area (Å²) in [5.74, 6) is 0.471. The van der Waals surface area contributed by atoms with E-state index in [-0.39, 0.29) is 22.9 Å². The van der Waals surface area contributed by atoms with Crippen molar-refractivity contribution >= 4 is 45.0 Å². The largest absolute Gasteiger partial charge is 0.353 e. The van der Waals surface area contributed by atoms with E-state index in [4.69, 9.17) is 0 Å². The van der Waals surface area contributed by atoms with Crippen LogP contribution >= 0.6 is 0 Å². The minimum atomic E-state index is -3.61. The Hall–Kier alpha value is -3.60. The molecule has 166 valence electrons. The molecule has 1 fully saturated rings. The quantitative estimate of drug-likeness (QED) is 0.494. The van der Waals surface area contributed by atoms with E-state index in [1.807, 2.05) is 0 Å². The lowest BCUT2D eigenvalue weighted by Crippen LogP contribution is -2.26. The second-order valence-electron chi connectivity index (χ2n) is 7.51. The molecule has 2 aromatic heterocycles. The summed E-state index contributed by atoms with van der Waals surface area (Å²) in [6.07, 6.45) is 9.31. The predicted octanol–water partition coefficient (Wildman–Crippen LogP) is 3.58. The van der Waals surface area contributed by atoms with Crippen molar-refractivity contribution in [3.8, 4) is 0 Å². The number of hydrogen-bond donors (Lipinski definition) is 2. The Labute approximate surface area is 184 Å². The average molecular weight is 457 g/mol. The number of hydrogen-bond acceptors (Lipinski definition) is 8. The van der Waals surface area contributed by atoms with Gasteiger partial charge in [-0.1, -0.05) is 0 Å². The Bertz CT molecular complexity index is 1270. The van der Waals surface area contributed by atoms with Crippen molar-refractivity contribution < 1.29 is 17.6 Å². The van der Waals surface area contributed by atoms with Crippen LogP contribution in [0.25, 0.3) is 0 Å². The zero-order chi connectivity index (χ0) is 22.9. The molecule has 9 nitrogen and oxygen atoms in total. The minimum Gasteiger partial charge on any atom is -0.353 e. The highest BCUT2D eigenvalue weighted by Crippen LogP contribution is 2.45. The summed E-state index contributed by atoms with van der Waals surface area (Å²) < 4.78 is 40.3. The van der Waals surface area contributed by atoms with Crippen LogP contribution in [0.4, 0.5) is 33.1 Å². The third kappa shape index (κ3) is 4.67. The summed E-state index contributed by atoms with van der Waals surface area (Å²) in [6.45, 7) is 0. The number of benzene rings is 1. The SMILES string of the molecule is CN(c1cc(C2CC2)c(F)cc1Nc1cc(Nc2cnccn2)ncc1C=O)S(C)(=O)=O. The molecule has 1 aliphatic rings. The van der Waals surface area contributed by atoms with Gasteiger partial charge in [-0.3, -0.25) is 14.1 Å². The third-order valence-electron chi connectivity index (χ3n) is 5.12. The van der Waals surface area contributed by atoms with Gasteiger partial charge in [0.25, 0.3) is 0 Å². The van der Waals surface area contributed by atoms with Gasteiger partial charge in [-0.15, -0.1) is 0 Å². The van der Waals surface area contributed by atoms with Gasteiger partial charge in [0.15, 0.2) is 6.29 Å². The van der Waals surface area contributed by atoms with Crippen molar-refractivity contribution in [1.29, 1.82) is 0 Å². The van der Waals surface area contributed by atoms with Crippen molar-refractivity contribution in [3.05, 3.63) is 59.9 Å². The Morgan fingerprint density at radius 1 is 1.06 bits per heavy atom. The van der Waals surface area contributed by atoms with Gasteiger partial charge in [-0.25, -0.2) is 22.8 Å². The molecule has 2 N–H and O–H groups in total. The van der Waals surface area contributed by atoms with Crippen LogP contribution in [0.2, 0.25) is 0 Å². The first kappa shape index (κ1) is 21.6. The molecule has 2 heterocycles. The Morgan fingerprint density at radius 3 is 2.47 bits per heavy atom. The number of nitrogens with zero attached hydrogens (tertiary/aromatic N) is 4. The lowest BCUT2D eigenvalue weighted by molar-refractivity contribution is 0.112. The molecule has 1 saturated carbocycles. The van der Waals surface area contributed by atoms with Crippen molar-refractivity contribution in [3.63, 3.8) is 0 Å². The van der Waals surface area contributed by atoms with E-state index in [0.29, 0.717) is 29.2 Å². The van der Waals surface area contributed by atoms with Gasteiger partial charge in [0.2, 0.25) is 10.0 Å². The Morgan fingerprint density at radius 2 is 1.84 bits per heavy atom. The van der Waals surface area contributed by atoms with Crippen LogP contribution in [-0.2, 0) is 10.0 Å². The topological polar surface area (TPSA) is 117 Å². The maximum atomic E-state index is 14.8. The summed E-state index contributed by atoms with van der Waals surface area (Å²) in [4.78, 5) is 23.8. The van der Waals surface area contributed by atoms with Crippen LogP contribution in [0, 0.1) is 5.82 Å².